The Bertz CT molecular complexity index is 252. The molecule has 0 aliphatic carbocycles. The molecule has 0 amide bonds. The molecular weight excluding hydrogens is 178 g/mol. The first-order valence-electron chi connectivity index (χ1n) is 5.13. The molecule has 1 aromatic heterocycles. The summed E-state index contributed by atoms with van der Waals surface area (Å²) < 4.78 is 2.06. The Balaban J connectivity index is 1.84. The lowest BCUT2D eigenvalue weighted by Crippen LogP contribution is -2.45. The molecule has 2 heterocycles. The summed E-state index contributed by atoms with van der Waals surface area (Å²) in [5.41, 5.74) is 0. The van der Waals surface area contributed by atoms with Crippen molar-refractivity contribution in [3.8, 4) is 0 Å². The van der Waals surface area contributed by atoms with Crippen molar-refractivity contribution in [2.45, 2.75) is 13.0 Å². The highest BCUT2D eigenvalue weighted by atomic mass is 15.3. The summed E-state index contributed by atoms with van der Waals surface area (Å²) in [4.78, 5) is 2.47. The van der Waals surface area contributed by atoms with E-state index in [1.165, 1.54) is 0 Å². The third kappa shape index (κ3) is 2.30. The molecule has 78 valence electrons. The maximum absolute atomic E-state index is 3.82. The van der Waals surface area contributed by atoms with E-state index in [9.17, 15) is 0 Å². The van der Waals surface area contributed by atoms with Gasteiger partial charge in [0.05, 0.1) is 0 Å². The topological polar surface area (TPSA) is 46.0 Å². The molecule has 1 fully saturated rings. The smallest absolute Gasteiger partial charge is 0.119 e. The van der Waals surface area contributed by atoms with Gasteiger partial charge in [0.15, 0.2) is 0 Å². The van der Waals surface area contributed by atoms with Gasteiger partial charge in [0.1, 0.15) is 12.7 Å². The summed E-state index contributed by atoms with van der Waals surface area (Å²) in [6.45, 7) is 7.79. The number of nitrogens with one attached hydrogen (secondary N) is 1. The predicted molar refractivity (Wildman–Crippen MR) is 54.0 cm³/mol. The van der Waals surface area contributed by atoms with Crippen molar-refractivity contribution in [3.63, 3.8) is 0 Å². The van der Waals surface area contributed by atoms with Gasteiger partial charge in [-0.1, -0.05) is 0 Å². The summed E-state index contributed by atoms with van der Waals surface area (Å²) in [7, 11) is 0. The van der Waals surface area contributed by atoms with E-state index in [1.807, 2.05) is 0 Å². The molecule has 1 saturated heterocycles. The first kappa shape index (κ1) is 9.61. The van der Waals surface area contributed by atoms with Crippen molar-refractivity contribution >= 4 is 0 Å². The Morgan fingerprint density at radius 1 is 1.29 bits per heavy atom. The van der Waals surface area contributed by atoms with Crippen LogP contribution in [0.4, 0.5) is 0 Å². The van der Waals surface area contributed by atoms with Crippen LogP contribution in [0, 0.1) is 0 Å². The van der Waals surface area contributed by atoms with Crippen molar-refractivity contribution in [2.24, 2.45) is 0 Å². The molecule has 1 N–H and O–H groups in total. The van der Waals surface area contributed by atoms with Crippen LogP contribution in [0.2, 0.25) is 0 Å². The second-order valence-corrected chi connectivity index (χ2v) is 3.81. The third-order valence-electron chi connectivity index (χ3n) is 2.68. The van der Waals surface area contributed by atoms with E-state index in [0.29, 0.717) is 6.04 Å². The lowest BCUT2D eigenvalue weighted by Gasteiger charge is -2.29. The van der Waals surface area contributed by atoms with Gasteiger partial charge < -0.3 is 9.88 Å². The van der Waals surface area contributed by atoms with Crippen LogP contribution in [-0.2, 0) is 0 Å². The van der Waals surface area contributed by atoms with E-state index >= 15 is 0 Å². The average Bonchev–Trinajstić information content (AvgIpc) is 2.72. The van der Waals surface area contributed by atoms with E-state index in [0.717, 1.165) is 32.7 Å². The van der Waals surface area contributed by atoms with Crippen LogP contribution < -0.4 is 5.32 Å². The fraction of sp³-hybridized carbons (Fsp3) is 0.778. The first-order chi connectivity index (χ1) is 6.86. The van der Waals surface area contributed by atoms with Crippen LogP contribution >= 0.6 is 0 Å². The molecule has 0 aromatic carbocycles. The lowest BCUT2D eigenvalue weighted by atomic mass is 10.2. The highest BCUT2D eigenvalue weighted by Crippen LogP contribution is 2.06. The number of aromatic nitrogens is 3. The largest absolute Gasteiger partial charge is 0.316 e. The summed E-state index contributed by atoms with van der Waals surface area (Å²) in [5.74, 6) is 0. The molecule has 1 unspecified atom stereocenters. The number of piperazine rings is 1. The van der Waals surface area contributed by atoms with Crippen LogP contribution in [0.15, 0.2) is 12.7 Å². The maximum atomic E-state index is 3.82. The second kappa shape index (κ2) is 4.52. The molecule has 0 bridgehead atoms. The van der Waals surface area contributed by atoms with Crippen LogP contribution in [0.1, 0.15) is 13.0 Å². The van der Waals surface area contributed by atoms with Crippen molar-refractivity contribution in [1.82, 2.24) is 25.0 Å². The van der Waals surface area contributed by atoms with Crippen LogP contribution in [-0.4, -0.2) is 52.4 Å². The van der Waals surface area contributed by atoms with Gasteiger partial charge in [0, 0.05) is 38.8 Å². The minimum atomic E-state index is 0.461. The van der Waals surface area contributed by atoms with Crippen LogP contribution in [0.3, 0.4) is 0 Å². The number of hydrogen-bond acceptors (Lipinski definition) is 4. The SMILES string of the molecule is CC(CN1CCNCC1)n1cnnc1. The lowest BCUT2D eigenvalue weighted by molar-refractivity contribution is 0.212. The summed E-state index contributed by atoms with van der Waals surface area (Å²) >= 11 is 0. The molecule has 1 aliphatic rings. The third-order valence-corrected chi connectivity index (χ3v) is 2.68. The Morgan fingerprint density at radius 2 is 1.93 bits per heavy atom. The highest BCUT2D eigenvalue weighted by molar-refractivity contribution is 4.75. The maximum Gasteiger partial charge on any atom is 0.119 e. The Morgan fingerprint density at radius 3 is 2.57 bits per heavy atom. The van der Waals surface area contributed by atoms with Gasteiger partial charge in [0.25, 0.3) is 0 Å². The zero-order chi connectivity index (χ0) is 9.80. The molecule has 14 heavy (non-hydrogen) atoms. The van der Waals surface area contributed by atoms with Crippen LogP contribution in [0.5, 0.6) is 0 Å². The molecule has 2 rings (SSSR count). The zero-order valence-corrected chi connectivity index (χ0v) is 8.56. The van der Waals surface area contributed by atoms with Crippen LogP contribution in [0.25, 0.3) is 0 Å². The van der Waals surface area contributed by atoms with Gasteiger partial charge in [-0.3, -0.25) is 4.90 Å². The van der Waals surface area contributed by atoms with E-state index in [2.05, 4.69) is 31.9 Å². The summed E-state index contributed by atoms with van der Waals surface area (Å²) in [6.07, 6.45) is 3.57. The Labute approximate surface area is 84.1 Å². The average molecular weight is 195 g/mol. The van der Waals surface area contributed by atoms with Crippen molar-refractivity contribution in [2.75, 3.05) is 32.7 Å². The molecule has 0 saturated carbocycles. The van der Waals surface area contributed by atoms with Gasteiger partial charge in [-0.05, 0) is 6.92 Å². The molecule has 1 aromatic rings. The van der Waals surface area contributed by atoms with Crippen molar-refractivity contribution in [1.29, 1.82) is 0 Å². The molecule has 5 nitrogen and oxygen atoms in total. The Hall–Kier alpha value is -0.940. The fourth-order valence-electron chi connectivity index (χ4n) is 1.80. The van der Waals surface area contributed by atoms with Gasteiger partial charge in [0.2, 0.25) is 0 Å². The summed E-state index contributed by atoms with van der Waals surface area (Å²) in [6, 6.07) is 0.461. The van der Waals surface area contributed by atoms with E-state index in [4.69, 9.17) is 0 Å². The molecule has 5 heteroatoms. The quantitative estimate of drug-likeness (QED) is 0.722. The molecule has 0 spiro atoms. The highest BCUT2D eigenvalue weighted by Gasteiger charge is 2.13. The summed E-state index contributed by atoms with van der Waals surface area (Å²) in [5, 5.41) is 11.0. The Kier molecular flexibility index (Phi) is 3.10. The normalized spacial score (nSPS) is 20.9. The second-order valence-electron chi connectivity index (χ2n) is 3.81. The van der Waals surface area contributed by atoms with E-state index < -0.39 is 0 Å². The van der Waals surface area contributed by atoms with Crippen molar-refractivity contribution in [3.05, 3.63) is 12.7 Å². The minimum Gasteiger partial charge on any atom is -0.316 e. The molecule has 1 atom stereocenters. The number of nitrogens with zero attached hydrogens (tertiary/aromatic N) is 4. The van der Waals surface area contributed by atoms with Gasteiger partial charge in [-0.15, -0.1) is 10.2 Å². The molecular formula is C9H17N5. The first-order valence-corrected chi connectivity index (χ1v) is 5.13. The molecule has 1 aliphatic heterocycles. The van der Waals surface area contributed by atoms with Gasteiger partial charge in [-0.25, -0.2) is 0 Å². The number of rotatable bonds is 3. The minimum absolute atomic E-state index is 0.461. The zero-order valence-electron chi connectivity index (χ0n) is 8.56. The standard InChI is InChI=1S/C9H17N5/c1-9(14-7-11-12-8-14)6-13-4-2-10-3-5-13/h7-10H,2-6H2,1H3. The monoisotopic (exact) mass is 195 g/mol. The fourth-order valence-corrected chi connectivity index (χ4v) is 1.80. The van der Waals surface area contributed by atoms with Gasteiger partial charge >= 0.3 is 0 Å². The van der Waals surface area contributed by atoms with E-state index in [1.54, 1.807) is 12.7 Å². The van der Waals surface area contributed by atoms with E-state index in [-0.39, 0.29) is 0 Å². The molecule has 0 radical (unpaired) electrons. The number of hydrogen-bond donors (Lipinski definition) is 1. The van der Waals surface area contributed by atoms with Gasteiger partial charge in [-0.2, -0.15) is 0 Å². The predicted octanol–water partition coefficient (Wildman–Crippen LogP) is -0.256. The van der Waals surface area contributed by atoms with Crippen molar-refractivity contribution < 1.29 is 0 Å².